The largest absolute Gasteiger partial charge is 1.00 e. The first-order valence-electron chi connectivity index (χ1n) is 2.41. The van der Waals surface area contributed by atoms with Crippen molar-refractivity contribution in [3.05, 3.63) is 35.9 Å². The van der Waals surface area contributed by atoms with Gasteiger partial charge in [0.25, 0.3) is 0 Å². The monoisotopic (exact) mass is 134 g/mol. The Labute approximate surface area is 79.2 Å². The maximum absolute atomic E-state index is 2.08. The predicted molar refractivity (Wildman–Crippen MR) is 35.9 cm³/mol. The molecule has 1 aromatic carbocycles. The topological polar surface area (TPSA) is 31.5 Å². The molecule has 0 aliphatic heterocycles. The molecule has 0 bridgehead atoms. The molecular formula is C7H11NaO. The van der Waals surface area contributed by atoms with Crippen LogP contribution in [0.15, 0.2) is 30.3 Å². The fourth-order valence-electron chi connectivity index (χ4n) is 0.534. The molecule has 2 heteroatoms. The Morgan fingerprint density at radius 1 is 1.11 bits per heavy atom. The van der Waals surface area contributed by atoms with Crippen molar-refractivity contribution in [3.63, 3.8) is 0 Å². The molecule has 9 heavy (non-hydrogen) atoms. The molecule has 0 atom stereocenters. The van der Waals surface area contributed by atoms with Crippen LogP contribution in [0.3, 0.4) is 0 Å². The van der Waals surface area contributed by atoms with Crippen molar-refractivity contribution >= 4 is 0 Å². The molecule has 0 heterocycles. The maximum atomic E-state index is 2.08. The quantitative estimate of drug-likeness (QED) is 0.378. The molecular weight excluding hydrogens is 123 g/mol. The maximum Gasteiger partial charge on any atom is 1.00 e. The van der Waals surface area contributed by atoms with Crippen LogP contribution in [0.4, 0.5) is 0 Å². The first-order chi connectivity index (χ1) is 3.39. The number of benzene rings is 1. The van der Waals surface area contributed by atoms with E-state index in [-0.39, 0.29) is 36.5 Å². The number of rotatable bonds is 0. The fourth-order valence-corrected chi connectivity index (χ4v) is 0.534. The summed E-state index contributed by atoms with van der Waals surface area (Å²) in [7, 11) is 0. The molecule has 0 aliphatic carbocycles. The second-order valence-corrected chi connectivity index (χ2v) is 1.65. The molecule has 1 rings (SSSR count). The zero-order valence-corrected chi connectivity index (χ0v) is 7.89. The smallest absolute Gasteiger partial charge is 1.00 e. The minimum Gasteiger partial charge on any atom is -1.00 e. The molecule has 0 radical (unpaired) electrons. The molecule has 0 aliphatic rings. The van der Waals surface area contributed by atoms with Crippen molar-refractivity contribution in [1.82, 2.24) is 0 Å². The van der Waals surface area contributed by atoms with Crippen LogP contribution in [0, 0.1) is 6.92 Å². The summed E-state index contributed by atoms with van der Waals surface area (Å²) in [6, 6.07) is 10.3. The summed E-state index contributed by atoms with van der Waals surface area (Å²) in [5, 5.41) is 0. The van der Waals surface area contributed by atoms with E-state index >= 15 is 0 Å². The molecule has 1 aromatic rings. The van der Waals surface area contributed by atoms with E-state index in [1.807, 2.05) is 18.2 Å². The SMILES string of the molecule is Cc1ccccc1.O.[H-].[Na+]. The number of hydrogen-bond donors (Lipinski definition) is 0. The van der Waals surface area contributed by atoms with E-state index in [9.17, 15) is 0 Å². The van der Waals surface area contributed by atoms with E-state index in [4.69, 9.17) is 0 Å². The third kappa shape index (κ3) is 4.67. The van der Waals surface area contributed by atoms with Crippen LogP contribution >= 0.6 is 0 Å². The molecule has 46 valence electrons. The number of aryl methyl sites for hydroxylation is 1. The zero-order valence-electron chi connectivity index (χ0n) is 6.89. The standard InChI is InChI=1S/C7H8.Na.H2O.H/c1-7-5-3-2-4-6-7;;;/h2-6H,1H3;;1H2;/q;+1;;-1. The van der Waals surface area contributed by atoms with E-state index in [0.717, 1.165) is 0 Å². The summed E-state index contributed by atoms with van der Waals surface area (Å²) in [4.78, 5) is 0. The van der Waals surface area contributed by atoms with Gasteiger partial charge in [-0.15, -0.1) is 0 Å². The van der Waals surface area contributed by atoms with Crippen molar-refractivity contribution in [3.8, 4) is 0 Å². The van der Waals surface area contributed by atoms with Crippen molar-refractivity contribution in [1.29, 1.82) is 0 Å². The first kappa shape index (κ1) is 11.9. The molecule has 1 nitrogen and oxygen atoms in total. The van der Waals surface area contributed by atoms with Crippen molar-refractivity contribution in [2.45, 2.75) is 6.92 Å². The van der Waals surface area contributed by atoms with Gasteiger partial charge < -0.3 is 6.90 Å². The molecule has 0 saturated heterocycles. The molecule has 0 unspecified atom stereocenters. The predicted octanol–water partition coefficient (Wildman–Crippen LogP) is -1.71. The van der Waals surface area contributed by atoms with Crippen LogP contribution in [-0.4, -0.2) is 5.48 Å². The van der Waals surface area contributed by atoms with Crippen LogP contribution in [0.2, 0.25) is 0 Å². The van der Waals surface area contributed by atoms with Crippen LogP contribution < -0.4 is 29.6 Å². The summed E-state index contributed by atoms with van der Waals surface area (Å²) >= 11 is 0. The third-order valence-corrected chi connectivity index (χ3v) is 0.940. The Kier molecular flexibility index (Phi) is 8.34. The summed E-state index contributed by atoms with van der Waals surface area (Å²) in [5.41, 5.74) is 1.32. The minimum atomic E-state index is 0. The van der Waals surface area contributed by atoms with Crippen molar-refractivity contribution < 1.29 is 36.5 Å². The first-order valence-corrected chi connectivity index (χ1v) is 2.41. The zero-order chi connectivity index (χ0) is 5.11. The van der Waals surface area contributed by atoms with Crippen LogP contribution in [0.25, 0.3) is 0 Å². The Hall–Kier alpha value is 0.180. The van der Waals surface area contributed by atoms with Gasteiger partial charge in [-0.1, -0.05) is 35.9 Å². The van der Waals surface area contributed by atoms with Gasteiger partial charge in [0.15, 0.2) is 0 Å². The average Bonchev–Trinajstić information content (AvgIpc) is 1.69. The van der Waals surface area contributed by atoms with Gasteiger partial charge in [-0.2, -0.15) is 0 Å². The van der Waals surface area contributed by atoms with E-state index in [2.05, 4.69) is 19.1 Å². The Balaban J connectivity index is -0.000000163. The van der Waals surface area contributed by atoms with Gasteiger partial charge in [0.1, 0.15) is 0 Å². The van der Waals surface area contributed by atoms with E-state index in [1.165, 1.54) is 5.56 Å². The number of hydrogen-bond acceptors (Lipinski definition) is 0. The van der Waals surface area contributed by atoms with Gasteiger partial charge in [-0.3, -0.25) is 0 Å². The summed E-state index contributed by atoms with van der Waals surface area (Å²) in [5.74, 6) is 0. The third-order valence-electron chi connectivity index (χ3n) is 0.940. The summed E-state index contributed by atoms with van der Waals surface area (Å²) in [6.45, 7) is 2.08. The van der Waals surface area contributed by atoms with Gasteiger partial charge in [0.05, 0.1) is 0 Å². The Morgan fingerprint density at radius 2 is 1.56 bits per heavy atom. The van der Waals surface area contributed by atoms with Crippen molar-refractivity contribution in [2.75, 3.05) is 0 Å². The van der Waals surface area contributed by atoms with Crippen LogP contribution in [-0.2, 0) is 0 Å². The normalized spacial score (nSPS) is 6.78. The average molecular weight is 134 g/mol. The van der Waals surface area contributed by atoms with Gasteiger partial charge in [0.2, 0.25) is 0 Å². The minimum absolute atomic E-state index is 0. The Morgan fingerprint density at radius 3 is 1.78 bits per heavy atom. The molecule has 2 N–H and O–H groups in total. The second kappa shape index (κ2) is 6.30. The summed E-state index contributed by atoms with van der Waals surface area (Å²) < 4.78 is 0. The van der Waals surface area contributed by atoms with Crippen molar-refractivity contribution in [2.24, 2.45) is 0 Å². The van der Waals surface area contributed by atoms with Gasteiger partial charge in [-0.05, 0) is 6.92 Å². The fraction of sp³-hybridized carbons (Fsp3) is 0.143. The van der Waals surface area contributed by atoms with Gasteiger partial charge in [-0.25, -0.2) is 0 Å². The molecule has 0 saturated carbocycles. The van der Waals surface area contributed by atoms with Crippen LogP contribution in [0.5, 0.6) is 0 Å². The van der Waals surface area contributed by atoms with Gasteiger partial charge in [0, 0.05) is 0 Å². The Bertz CT molecular complexity index is 144. The van der Waals surface area contributed by atoms with Crippen LogP contribution in [0.1, 0.15) is 6.99 Å². The summed E-state index contributed by atoms with van der Waals surface area (Å²) in [6.07, 6.45) is 0. The van der Waals surface area contributed by atoms with E-state index < -0.39 is 0 Å². The molecule has 0 amide bonds. The molecule has 0 fully saturated rings. The van der Waals surface area contributed by atoms with E-state index in [0.29, 0.717) is 0 Å². The molecule has 0 spiro atoms. The second-order valence-electron chi connectivity index (χ2n) is 1.65. The molecule has 0 aromatic heterocycles. The van der Waals surface area contributed by atoms with Gasteiger partial charge >= 0.3 is 29.6 Å². The van der Waals surface area contributed by atoms with E-state index in [1.54, 1.807) is 0 Å².